The first-order valence-electron chi connectivity index (χ1n) is 5.68. The molecule has 0 bridgehead atoms. The van der Waals surface area contributed by atoms with Gasteiger partial charge in [0, 0.05) is 31.5 Å². The quantitative estimate of drug-likeness (QED) is 0.921. The van der Waals surface area contributed by atoms with Crippen LogP contribution in [0.1, 0.15) is 11.3 Å². The van der Waals surface area contributed by atoms with E-state index in [0.717, 1.165) is 22.5 Å². The van der Waals surface area contributed by atoms with Crippen LogP contribution in [0, 0.1) is 0 Å². The van der Waals surface area contributed by atoms with Gasteiger partial charge in [0.1, 0.15) is 6.54 Å². The molecule has 0 saturated carbocycles. The number of nitrogens with one attached hydrogen (secondary N) is 1. The number of likely N-dealkylation sites (N-methyl/N-ethyl adjacent to an activating group) is 1. The molecule has 2 rings (SSSR count). The van der Waals surface area contributed by atoms with Crippen LogP contribution in [0.2, 0.25) is 0 Å². The summed E-state index contributed by atoms with van der Waals surface area (Å²) in [5.74, 6) is -0.344. The Kier molecular flexibility index (Phi) is 3.77. The molecule has 1 amide bonds. The number of aromatic amines is 1. The minimum atomic E-state index is -4.50. The fourth-order valence-corrected chi connectivity index (χ4v) is 1.59. The number of amides is 1. The van der Waals surface area contributed by atoms with E-state index in [4.69, 9.17) is 0 Å². The summed E-state index contributed by atoms with van der Waals surface area (Å²) in [6, 6.07) is 0.837. The van der Waals surface area contributed by atoms with Crippen LogP contribution >= 0.6 is 0 Å². The van der Waals surface area contributed by atoms with Crippen molar-refractivity contribution < 1.29 is 18.0 Å². The molecule has 0 fully saturated rings. The molecule has 0 aliphatic rings. The Hall–Kier alpha value is -2.32. The highest BCUT2D eigenvalue weighted by molar-refractivity contribution is 5.75. The highest BCUT2D eigenvalue weighted by Gasteiger charge is 2.33. The molecule has 108 valence electrons. The van der Waals surface area contributed by atoms with Crippen molar-refractivity contribution in [2.75, 3.05) is 7.05 Å². The second-order valence-corrected chi connectivity index (χ2v) is 4.25. The lowest BCUT2D eigenvalue weighted by atomic mass is 10.3. The summed E-state index contributed by atoms with van der Waals surface area (Å²) in [6.45, 7) is 0.0765. The van der Waals surface area contributed by atoms with E-state index in [-0.39, 0.29) is 12.5 Å². The molecule has 0 radical (unpaired) electrons. The third-order valence-corrected chi connectivity index (χ3v) is 2.63. The third kappa shape index (κ3) is 3.37. The van der Waals surface area contributed by atoms with Gasteiger partial charge in [-0.05, 0) is 6.07 Å². The van der Waals surface area contributed by atoms with Crippen molar-refractivity contribution in [2.45, 2.75) is 19.3 Å². The van der Waals surface area contributed by atoms with Gasteiger partial charge in [0.25, 0.3) is 0 Å². The van der Waals surface area contributed by atoms with Gasteiger partial charge in [0.05, 0.1) is 6.20 Å². The smallest absolute Gasteiger partial charge is 0.340 e. The van der Waals surface area contributed by atoms with E-state index in [1.165, 1.54) is 4.90 Å². The Morgan fingerprint density at radius 1 is 1.50 bits per heavy atom. The van der Waals surface area contributed by atoms with Crippen molar-refractivity contribution in [2.24, 2.45) is 0 Å². The number of alkyl halides is 3. The van der Waals surface area contributed by atoms with E-state index in [9.17, 15) is 18.0 Å². The SMILES string of the molecule is CN(Cc1cn[nH]c1)C(=O)Cn1ccc(C(F)(F)F)n1. The van der Waals surface area contributed by atoms with Crippen LogP contribution in [-0.4, -0.2) is 37.8 Å². The number of H-pyrrole nitrogens is 1. The lowest BCUT2D eigenvalue weighted by Crippen LogP contribution is -2.30. The Morgan fingerprint density at radius 3 is 2.80 bits per heavy atom. The first-order chi connectivity index (χ1) is 9.36. The zero-order chi connectivity index (χ0) is 14.8. The predicted molar refractivity (Wildman–Crippen MR) is 62.3 cm³/mol. The van der Waals surface area contributed by atoms with E-state index < -0.39 is 11.9 Å². The molecule has 0 aliphatic heterocycles. The van der Waals surface area contributed by atoms with Crippen molar-refractivity contribution in [3.05, 3.63) is 35.9 Å². The van der Waals surface area contributed by atoms with Crippen molar-refractivity contribution in [3.63, 3.8) is 0 Å². The average molecular weight is 287 g/mol. The average Bonchev–Trinajstić information content (AvgIpc) is 2.98. The summed E-state index contributed by atoms with van der Waals surface area (Å²) in [6.07, 6.45) is -0.164. The predicted octanol–water partition coefficient (Wildman–Crippen LogP) is 1.28. The molecule has 0 atom stereocenters. The maximum Gasteiger partial charge on any atom is 0.435 e. The zero-order valence-corrected chi connectivity index (χ0v) is 10.6. The fourth-order valence-electron chi connectivity index (χ4n) is 1.59. The molecule has 1 N–H and O–H groups in total. The topological polar surface area (TPSA) is 66.8 Å². The minimum absolute atomic E-state index is 0.246. The maximum absolute atomic E-state index is 12.4. The summed E-state index contributed by atoms with van der Waals surface area (Å²) in [7, 11) is 1.56. The second kappa shape index (κ2) is 5.35. The van der Waals surface area contributed by atoms with Gasteiger partial charge in [0.15, 0.2) is 5.69 Å². The molecule has 0 saturated heterocycles. The number of carbonyl (C=O) groups is 1. The van der Waals surface area contributed by atoms with Gasteiger partial charge in [-0.3, -0.25) is 14.6 Å². The fraction of sp³-hybridized carbons (Fsp3) is 0.364. The molecule has 2 aromatic heterocycles. The third-order valence-electron chi connectivity index (χ3n) is 2.63. The summed E-state index contributed by atoms with van der Waals surface area (Å²) in [5, 5.41) is 9.68. The number of hydrogen-bond donors (Lipinski definition) is 1. The van der Waals surface area contributed by atoms with E-state index >= 15 is 0 Å². The molecule has 2 heterocycles. The van der Waals surface area contributed by atoms with Crippen molar-refractivity contribution >= 4 is 5.91 Å². The lowest BCUT2D eigenvalue weighted by molar-refractivity contribution is -0.142. The Labute approximate surface area is 112 Å². The van der Waals surface area contributed by atoms with Crippen LogP contribution in [0.3, 0.4) is 0 Å². The molecule has 9 heteroatoms. The number of aromatic nitrogens is 4. The number of carbonyl (C=O) groups excluding carboxylic acids is 1. The largest absolute Gasteiger partial charge is 0.435 e. The van der Waals surface area contributed by atoms with Crippen molar-refractivity contribution in [1.29, 1.82) is 0 Å². The van der Waals surface area contributed by atoms with Crippen LogP contribution < -0.4 is 0 Å². The van der Waals surface area contributed by atoms with Crippen LogP contribution in [0.25, 0.3) is 0 Å². The summed E-state index contributed by atoms with van der Waals surface area (Å²) >= 11 is 0. The summed E-state index contributed by atoms with van der Waals surface area (Å²) < 4.78 is 38.1. The Bertz CT molecular complexity index is 575. The molecular formula is C11H12F3N5O. The normalized spacial score (nSPS) is 11.6. The van der Waals surface area contributed by atoms with E-state index in [1.807, 2.05) is 0 Å². The highest BCUT2D eigenvalue weighted by Crippen LogP contribution is 2.27. The van der Waals surface area contributed by atoms with Gasteiger partial charge in [-0.2, -0.15) is 23.4 Å². The molecule has 0 aliphatic carbocycles. The molecule has 0 unspecified atom stereocenters. The Balaban J connectivity index is 1.95. The minimum Gasteiger partial charge on any atom is -0.340 e. The standard InChI is InChI=1S/C11H12F3N5O/c1-18(6-8-4-15-16-5-8)10(20)7-19-3-2-9(17-19)11(12,13)14/h2-5H,6-7H2,1H3,(H,15,16). The first kappa shape index (κ1) is 14.1. The zero-order valence-electron chi connectivity index (χ0n) is 10.6. The van der Waals surface area contributed by atoms with Gasteiger partial charge < -0.3 is 4.90 Å². The maximum atomic E-state index is 12.4. The number of hydrogen-bond acceptors (Lipinski definition) is 3. The summed E-state index contributed by atoms with van der Waals surface area (Å²) in [5.41, 5.74) is -0.208. The van der Waals surface area contributed by atoms with Crippen LogP contribution in [0.5, 0.6) is 0 Å². The van der Waals surface area contributed by atoms with Gasteiger partial charge in [0.2, 0.25) is 5.91 Å². The lowest BCUT2D eigenvalue weighted by Gasteiger charge is -2.16. The van der Waals surface area contributed by atoms with E-state index in [2.05, 4.69) is 15.3 Å². The molecule has 20 heavy (non-hydrogen) atoms. The van der Waals surface area contributed by atoms with E-state index in [1.54, 1.807) is 19.4 Å². The molecule has 6 nitrogen and oxygen atoms in total. The highest BCUT2D eigenvalue weighted by atomic mass is 19.4. The van der Waals surface area contributed by atoms with Gasteiger partial charge >= 0.3 is 6.18 Å². The monoisotopic (exact) mass is 287 g/mol. The number of nitrogens with zero attached hydrogens (tertiary/aromatic N) is 4. The van der Waals surface area contributed by atoms with Crippen LogP contribution in [0.15, 0.2) is 24.7 Å². The molecule has 0 aromatic carbocycles. The van der Waals surface area contributed by atoms with Gasteiger partial charge in [-0.1, -0.05) is 0 Å². The van der Waals surface area contributed by atoms with Gasteiger partial charge in [-0.25, -0.2) is 0 Å². The first-order valence-corrected chi connectivity index (χ1v) is 5.68. The van der Waals surface area contributed by atoms with Crippen molar-refractivity contribution in [1.82, 2.24) is 24.9 Å². The molecule has 0 spiro atoms. The molecular weight excluding hydrogens is 275 g/mol. The van der Waals surface area contributed by atoms with Gasteiger partial charge in [-0.15, -0.1) is 0 Å². The summed E-state index contributed by atoms with van der Waals surface area (Å²) in [4.78, 5) is 13.2. The second-order valence-electron chi connectivity index (χ2n) is 4.25. The van der Waals surface area contributed by atoms with Crippen molar-refractivity contribution in [3.8, 4) is 0 Å². The number of halogens is 3. The Morgan fingerprint density at radius 2 is 2.25 bits per heavy atom. The number of rotatable bonds is 4. The van der Waals surface area contributed by atoms with Crippen LogP contribution in [-0.2, 0) is 24.1 Å². The molecule has 2 aromatic rings. The van der Waals surface area contributed by atoms with Crippen LogP contribution in [0.4, 0.5) is 13.2 Å². The van der Waals surface area contributed by atoms with E-state index in [0.29, 0.717) is 6.54 Å².